The van der Waals surface area contributed by atoms with Crippen molar-refractivity contribution in [3.05, 3.63) is 48.0 Å². The number of morpholine rings is 1. The van der Waals surface area contributed by atoms with Gasteiger partial charge >= 0.3 is 0 Å². The summed E-state index contributed by atoms with van der Waals surface area (Å²) in [4.78, 5) is 18.3. The molecule has 1 saturated heterocycles. The van der Waals surface area contributed by atoms with Gasteiger partial charge in [0.05, 0.1) is 36.7 Å². The van der Waals surface area contributed by atoms with E-state index >= 15 is 0 Å². The Morgan fingerprint density at radius 3 is 3.10 bits per heavy atom. The van der Waals surface area contributed by atoms with E-state index in [1.807, 2.05) is 18.0 Å². The van der Waals surface area contributed by atoms with Crippen molar-refractivity contribution < 1.29 is 9.53 Å². The highest BCUT2D eigenvalue weighted by Gasteiger charge is 2.31. The number of aromatic nitrogens is 3. The summed E-state index contributed by atoms with van der Waals surface area (Å²) in [6.45, 7) is 1.59. The van der Waals surface area contributed by atoms with Crippen molar-refractivity contribution in [1.29, 1.82) is 0 Å². The van der Waals surface area contributed by atoms with Crippen LogP contribution in [0.5, 0.6) is 0 Å². The van der Waals surface area contributed by atoms with Gasteiger partial charge in [-0.3, -0.25) is 14.5 Å². The van der Waals surface area contributed by atoms with Gasteiger partial charge in [-0.05, 0) is 18.2 Å². The van der Waals surface area contributed by atoms with Crippen molar-refractivity contribution >= 4 is 5.91 Å². The first-order chi connectivity index (χ1) is 9.77. The van der Waals surface area contributed by atoms with E-state index in [-0.39, 0.29) is 11.9 Å². The standard InChI is InChI=1S/C14H15N4O2/c1-17-12(4-6-16-17)13-10-20-8-7-18(13)14(19)11-3-2-5-15-9-11/h2-4,6,9,13H,7-8,10H2,1H3/t13-/m0/s1. The van der Waals surface area contributed by atoms with Crippen molar-refractivity contribution in [2.75, 3.05) is 19.8 Å². The largest absolute Gasteiger partial charge is 0.377 e. The van der Waals surface area contributed by atoms with Crippen molar-refractivity contribution in [3.63, 3.8) is 0 Å². The molecule has 0 spiro atoms. The summed E-state index contributed by atoms with van der Waals surface area (Å²) < 4.78 is 7.29. The Hall–Kier alpha value is -2.21. The zero-order valence-corrected chi connectivity index (χ0v) is 11.2. The first-order valence-electron chi connectivity index (χ1n) is 6.46. The lowest BCUT2D eigenvalue weighted by Crippen LogP contribution is -2.44. The normalized spacial score (nSPS) is 19.1. The lowest BCUT2D eigenvalue weighted by atomic mass is 10.1. The van der Waals surface area contributed by atoms with Gasteiger partial charge in [0.25, 0.3) is 5.91 Å². The van der Waals surface area contributed by atoms with Gasteiger partial charge in [-0.2, -0.15) is 5.10 Å². The second-order valence-electron chi connectivity index (χ2n) is 4.64. The van der Waals surface area contributed by atoms with Gasteiger partial charge in [-0.1, -0.05) is 0 Å². The number of ether oxygens (including phenoxy) is 1. The van der Waals surface area contributed by atoms with Gasteiger partial charge < -0.3 is 9.64 Å². The van der Waals surface area contributed by atoms with E-state index in [4.69, 9.17) is 4.74 Å². The quantitative estimate of drug-likeness (QED) is 0.811. The third kappa shape index (κ3) is 2.30. The van der Waals surface area contributed by atoms with E-state index in [1.165, 1.54) is 6.20 Å². The number of carbonyl (C=O) groups is 1. The lowest BCUT2D eigenvalue weighted by Gasteiger charge is -2.35. The minimum absolute atomic E-state index is 0.0407. The van der Waals surface area contributed by atoms with Crippen molar-refractivity contribution in [2.24, 2.45) is 7.05 Å². The van der Waals surface area contributed by atoms with Crippen molar-refractivity contribution in [2.45, 2.75) is 6.04 Å². The summed E-state index contributed by atoms with van der Waals surface area (Å²) in [5.41, 5.74) is 1.53. The number of nitrogens with zero attached hydrogens (tertiary/aromatic N) is 4. The van der Waals surface area contributed by atoms with Gasteiger partial charge in [-0.25, -0.2) is 0 Å². The molecule has 3 heterocycles. The molecule has 20 heavy (non-hydrogen) atoms. The summed E-state index contributed by atoms with van der Waals surface area (Å²) in [6, 6.07) is 5.17. The molecule has 0 aromatic carbocycles. The minimum atomic E-state index is -0.118. The molecule has 3 rings (SSSR count). The second kappa shape index (κ2) is 5.42. The summed E-state index contributed by atoms with van der Waals surface area (Å²) in [7, 11) is 1.87. The second-order valence-corrected chi connectivity index (χ2v) is 4.64. The van der Waals surface area contributed by atoms with Crippen molar-refractivity contribution in [3.8, 4) is 0 Å². The van der Waals surface area contributed by atoms with E-state index in [0.717, 1.165) is 5.69 Å². The fraction of sp³-hybridized carbons (Fsp3) is 0.357. The molecule has 0 bridgehead atoms. The molecule has 1 aliphatic heterocycles. The summed E-state index contributed by atoms with van der Waals surface area (Å²) in [5.74, 6) is -0.0407. The molecule has 6 heteroatoms. The molecule has 1 atom stereocenters. The molecule has 0 N–H and O–H groups in total. The van der Waals surface area contributed by atoms with E-state index in [1.54, 1.807) is 23.0 Å². The average Bonchev–Trinajstić information content (AvgIpc) is 2.93. The maximum Gasteiger partial charge on any atom is 0.256 e. The summed E-state index contributed by atoms with van der Waals surface area (Å²) >= 11 is 0. The Morgan fingerprint density at radius 1 is 1.50 bits per heavy atom. The molecule has 0 aliphatic carbocycles. The highest BCUT2D eigenvalue weighted by atomic mass is 16.5. The molecule has 2 aromatic rings. The molecule has 6 nitrogen and oxygen atoms in total. The third-order valence-corrected chi connectivity index (χ3v) is 3.45. The van der Waals surface area contributed by atoms with Gasteiger partial charge in [0.15, 0.2) is 0 Å². The Balaban J connectivity index is 1.90. The first kappa shape index (κ1) is 12.8. The molecular formula is C14H15N4O2. The monoisotopic (exact) mass is 271 g/mol. The van der Waals surface area contributed by atoms with Crippen LogP contribution in [0, 0.1) is 6.20 Å². The smallest absolute Gasteiger partial charge is 0.256 e. The number of amides is 1. The van der Waals surface area contributed by atoms with Crippen LogP contribution in [0.2, 0.25) is 0 Å². The molecular weight excluding hydrogens is 256 g/mol. The van der Waals surface area contributed by atoms with Crippen LogP contribution >= 0.6 is 0 Å². The van der Waals surface area contributed by atoms with E-state index in [2.05, 4.69) is 16.3 Å². The number of rotatable bonds is 2. The molecule has 1 fully saturated rings. The van der Waals surface area contributed by atoms with Crippen LogP contribution in [0.15, 0.2) is 30.6 Å². The van der Waals surface area contributed by atoms with E-state index < -0.39 is 0 Å². The van der Waals surface area contributed by atoms with Gasteiger partial charge in [0.1, 0.15) is 0 Å². The fourth-order valence-electron chi connectivity index (χ4n) is 2.42. The topological polar surface area (TPSA) is 60.2 Å². The van der Waals surface area contributed by atoms with Gasteiger partial charge in [0.2, 0.25) is 0 Å². The molecule has 0 unspecified atom stereocenters. The predicted molar refractivity (Wildman–Crippen MR) is 70.9 cm³/mol. The molecule has 1 aliphatic rings. The van der Waals surface area contributed by atoms with Crippen LogP contribution in [-0.2, 0) is 11.8 Å². The van der Waals surface area contributed by atoms with Gasteiger partial charge in [0, 0.05) is 26.0 Å². The van der Waals surface area contributed by atoms with Crippen LogP contribution in [0.4, 0.5) is 0 Å². The Bertz CT molecular complexity index is 596. The molecule has 1 radical (unpaired) electrons. The van der Waals surface area contributed by atoms with Gasteiger partial charge in [-0.15, -0.1) is 0 Å². The molecule has 2 aromatic heterocycles. The van der Waals surface area contributed by atoms with Crippen LogP contribution in [0.25, 0.3) is 0 Å². The third-order valence-electron chi connectivity index (χ3n) is 3.45. The molecule has 1 amide bonds. The lowest BCUT2D eigenvalue weighted by molar-refractivity contribution is -0.00493. The minimum Gasteiger partial charge on any atom is -0.377 e. The number of pyridine rings is 1. The SMILES string of the molecule is Cn1nccc1[C@@H]1COCCN1C(=O)c1cc[c]nc1. The molecule has 103 valence electrons. The van der Waals surface area contributed by atoms with Crippen molar-refractivity contribution in [1.82, 2.24) is 19.7 Å². The summed E-state index contributed by atoms with van der Waals surface area (Å²) in [6.07, 6.45) is 5.95. The number of hydrogen-bond donors (Lipinski definition) is 0. The highest BCUT2D eigenvalue weighted by molar-refractivity contribution is 5.94. The van der Waals surface area contributed by atoms with E-state index in [9.17, 15) is 4.79 Å². The van der Waals surface area contributed by atoms with Crippen LogP contribution in [-0.4, -0.2) is 45.3 Å². The fourth-order valence-corrected chi connectivity index (χ4v) is 2.42. The zero-order chi connectivity index (χ0) is 13.9. The Kier molecular flexibility index (Phi) is 3.47. The van der Waals surface area contributed by atoms with Crippen LogP contribution < -0.4 is 0 Å². The maximum absolute atomic E-state index is 12.6. The predicted octanol–water partition coefficient (Wildman–Crippen LogP) is 0.829. The first-order valence-corrected chi connectivity index (χ1v) is 6.46. The number of hydrogen-bond acceptors (Lipinski definition) is 4. The van der Waals surface area contributed by atoms with Crippen LogP contribution in [0.1, 0.15) is 22.1 Å². The maximum atomic E-state index is 12.6. The van der Waals surface area contributed by atoms with Crippen LogP contribution in [0.3, 0.4) is 0 Å². The molecule has 0 saturated carbocycles. The highest BCUT2D eigenvalue weighted by Crippen LogP contribution is 2.25. The summed E-state index contributed by atoms with van der Waals surface area (Å²) in [5, 5.41) is 4.16. The number of carbonyl (C=O) groups excluding carboxylic acids is 1. The zero-order valence-electron chi connectivity index (χ0n) is 11.2. The average molecular weight is 271 g/mol. The Labute approximate surface area is 117 Å². The Morgan fingerprint density at radius 2 is 2.40 bits per heavy atom. The van der Waals surface area contributed by atoms with E-state index in [0.29, 0.717) is 25.3 Å². The number of aryl methyl sites for hydroxylation is 1.